The van der Waals surface area contributed by atoms with Gasteiger partial charge in [0.15, 0.2) is 0 Å². The van der Waals surface area contributed by atoms with Crippen LogP contribution in [0.2, 0.25) is 0 Å². The molecule has 0 unspecified atom stereocenters. The third-order valence-electron chi connectivity index (χ3n) is 4.03. The lowest BCUT2D eigenvalue weighted by atomic mass is 10.0. The summed E-state index contributed by atoms with van der Waals surface area (Å²) in [7, 11) is 0. The SMILES string of the molecule is Cc1csc(=O)n1CCC(=O)Nc1nnc(-c2ccc(C(C)C)cc2)s1. The minimum absolute atomic E-state index is 0.0432. The molecule has 136 valence electrons. The summed E-state index contributed by atoms with van der Waals surface area (Å²) in [6.45, 7) is 6.53. The Kier molecular flexibility index (Phi) is 5.63. The van der Waals surface area contributed by atoms with Gasteiger partial charge in [-0.25, -0.2) is 0 Å². The van der Waals surface area contributed by atoms with Gasteiger partial charge in [0.25, 0.3) is 0 Å². The number of hydrogen-bond acceptors (Lipinski definition) is 6. The number of nitrogens with one attached hydrogen (secondary N) is 1. The van der Waals surface area contributed by atoms with E-state index in [4.69, 9.17) is 0 Å². The van der Waals surface area contributed by atoms with Crippen LogP contribution in [0.15, 0.2) is 34.4 Å². The standard InChI is InChI=1S/C18H20N4O2S2/c1-11(2)13-4-6-14(7-5-13)16-20-21-17(26-16)19-15(23)8-9-22-12(3)10-25-18(22)24/h4-7,10-11H,8-9H2,1-3H3,(H,19,21,23). The monoisotopic (exact) mass is 388 g/mol. The molecule has 2 heterocycles. The highest BCUT2D eigenvalue weighted by molar-refractivity contribution is 7.18. The fourth-order valence-corrected chi connectivity index (χ4v) is 4.00. The second-order valence-corrected chi connectivity index (χ2v) is 8.08. The van der Waals surface area contributed by atoms with Crippen LogP contribution in [0.25, 0.3) is 10.6 Å². The zero-order valence-corrected chi connectivity index (χ0v) is 16.5. The molecule has 3 rings (SSSR count). The van der Waals surface area contributed by atoms with Gasteiger partial charge in [0.2, 0.25) is 11.0 Å². The number of thiazole rings is 1. The van der Waals surface area contributed by atoms with Crippen LogP contribution in [-0.2, 0) is 11.3 Å². The van der Waals surface area contributed by atoms with Gasteiger partial charge >= 0.3 is 4.87 Å². The number of aryl methyl sites for hydroxylation is 1. The van der Waals surface area contributed by atoms with Gasteiger partial charge in [0.05, 0.1) is 0 Å². The number of carbonyl (C=O) groups is 1. The van der Waals surface area contributed by atoms with Crippen molar-refractivity contribution >= 4 is 33.7 Å². The van der Waals surface area contributed by atoms with E-state index in [0.717, 1.165) is 27.6 Å². The van der Waals surface area contributed by atoms with E-state index in [9.17, 15) is 9.59 Å². The first-order valence-corrected chi connectivity index (χ1v) is 10.0. The molecule has 0 radical (unpaired) electrons. The summed E-state index contributed by atoms with van der Waals surface area (Å²) in [5, 5.41) is 14.0. The second-order valence-electron chi connectivity index (χ2n) is 6.28. The lowest BCUT2D eigenvalue weighted by Crippen LogP contribution is -2.20. The zero-order valence-electron chi connectivity index (χ0n) is 14.9. The number of aromatic nitrogens is 3. The van der Waals surface area contributed by atoms with Gasteiger partial charge in [-0.3, -0.25) is 9.59 Å². The van der Waals surface area contributed by atoms with Gasteiger partial charge in [-0.1, -0.05) is 60.8 Å². The van der Waals surface area contributed by atoms with Crippen molar-refractivity contribution in [1.29, 1.82) is 0 Å². The topological polar surface area (TPSA) is 76.9 Å². The summed E-state index contributed by atoms with van der Waals surface area (Å²) in [5.41, 5.74) is 3.12. The predicted octanol–water partition coefficient (Wildman–Crippen LogP) is 3.89. The fourth-order valence-electron chi connectivity index (χ4n) is 2.47. The second kappa shape index (κ2) is 7.92. The molecular weight excluding hydrogens is 368 g/mol. The number of carbonyl (C=O) groups excluding carboxylic acids is 1. The Balaban J connectivity index is 1.61. The van der Waals surface area contributed by atoms with E-state index in [1.54, 1.807) is 9.95 Å². The Morgan fingerprint density at radius 2 is 1.96 bits per heavy atom. The number of amides is 1. The van der Waals surface area contributed by atoms with Crippen LogP contribution in [0.3, 0.4) is 0 Å². The minimum atomic E-state index is -0.180. The lowest BCUT2D eigenvalue weighted by Gasteiger charge is -2.05. The number of hydrogen-bond donors (Lipinski definition) is 1. The van der Waals surface area contributed by atoms with Crippen molar-refractivity contribution in [3.8, 4) is 10.6 Å². The average molecular weight is 389 g/mol. The first-order valence-electron chi connectivity index (χ1n) is 8.32. The normalized spacial score (nSPS) is 11.1. The molecule has 1 N–H and O–H groups in total. The molecule has 0 aliphatic heterocycles. The van der Waals surface area contributed by atoms with E-state index in [1.165, 1.54) is 16.9 Å². The van der Waals surface area contributed by atoms with Gasteiger partial charge in [0.1, 0.15) is 5.01 Å². The highest BCUT2D eigenvalue weighted by atomic mass is 32.1. The molecule has 3 aromatic rings. The summed E-state index contributed by atoms with van der Waals surface area (Å²) in [5.74, 6) is 0.299. The molecule has 6 nitrogen and oxygen atoms in total. The zero-order chi connectivity index (χ0) is 18.7. The molecule has 0 aliphatic rings. The highest BCUT2D eigenvalue weighted by Gasteiger charge is 2.11. The van der Waals surface area contributed by atoms with E-state index in [0.29, 0.717) is 17.6 Å². The predicted molar refractivity (Wildman–Crippen MR) is 106 cm³/mol. The molecular formula is C18H20N4O2S2. The number of anilines is 1. The smallest absolute Gasteiger partial charge is 0.303 e. The molecule has 2 aromatic heterocycles. The van der Waals surface area contributed by atoms with Crippen LogP contribution in [0.1, 0.15) is 37.4 Å². The largest absolute Gasteiger partial charge is 0.307 e. The molecule has 1 amide bonds. The van der Waals surface area contributed by atoms with Crippen molar-refractivity contribution in [2.24, 2.45) is 0 Å². The van der Waals surface area contributed by atoms with E-state index in [-0.39, 0.29) is 17.2 Å². The maximum atomic E-state index is 12.1. The third-order valence-corrected chi connectivity index (χ3v) is 5.80. The van der Waals surface area contributed by atoms with Crippen molar-refractivity contribution < 1.29 is 4.79 Å². The van der Waals surface area contributed by atoms with E-state index in [1.807, 2.05) is 19.1 Å². The molecule has 0 saturated heterocycles. The van der Waals surface area contributed by atoms with Crippen LogP contribution in [0, 0.1) is 6.92 Å². The summed E-state index contributed by atoms with van der Waals surface area (Å²) >= 11 is 2.48. The van der Waals surface area contributed by atoms with Crippen molar-refractivity contribution in [3.63, 3.8) is 0 Å². The minimum Gasteiger partial charge on any atom is -0.303 e. The van der Waals surface area contributed by atoms with E-state index < -0.39 is 0 Å². The van der Waals surface area contributed by atoms with Gasteiger partial charge in [-0.05, 0) is 18.4 Å². The maximum Gasteiger partial charge on any atom is 0.307 e. The average Bonchev–Trinajstić information content (AvgIpc) is 3.20. The maximum absolute atomic E-state index is 12.1. The Hall–Kier alpha value is -2.32. The van der Waals surface area contributed by atoms with Crippen molar-refractivity contribution in [3.05, 3.63) is 50.6 Å². The van der Waals surface area contributed by atoms with E-state index in [2.05, 4.69) is 41.5 Å². The first-order chi connectivity index (χ1) is 12.4. The summed E-state index contributed by atoms with van der Waals surface area (Å²) in [6.07, 6.45) is 0.218. The lowest BCUT2D eigenvalue weighted by molar-refractivity contribution is -0.116. The van der Waals surface area contributed by atoms with E-state index >= 15 is 0 Å². The summed E-state index contributed by atoms with van der Waals surface area (Å²) < 4.78 is 1.60. The Morgan fingerprint density at radius 1 is 1.23 bits per heavy atom. The van der Waals surface area contributed by atoms with Crippen molar-refractivity contribution in [2.75, 3.05) is 5.32 Å². The van der Waals surface area contributed by atoms with Gasteiger partial charge < -0.3 is 9.88 Å². The van der Waals surface area contributed by atoms with Gasteiger partial charge in [-0.2, -0.15) is 0 Å². The van der Waals surface area contributed by atoms with Crippen molar-refractivity contribution in [1.82, 2.24) is 14.8 Å². The molecule has 0 bridgehead atoms. The van der Waals surface area contributed by atoms with Crippen LogP contribution in [0.4, 0.5) is 5.13 Å². The molecule has 0 fully saturated rings. The number of benzene rings is 1. The fraction of sp³-hybridized carbons (Fsp3) is 0.333. The molecule has 1 aromatic carbocycles. The van der Waals surface area contributed by atoms with Gasteiger partial charge in [0, 0.05) is 29.6 Å². The molecule has 0 atom stereocenters. The number of nitrogens with zero attached hydrogens (tertiary/aromatic N) is 3. The highest BCUT2D eigenvalue weighted by Crippen LogP contribution is 2.27. The molecule has 0 saturated carbocycles. The number of rotatable bonds is 6. The summed E-state index contributed by atoms with van der Waals surface area (Å²) in [6, 6.07) is 8.21. The van der Waals surface area contributed by atoms with Crippen LogP contribution >= 0.6 is 22.7 Å². The van der Waals surface area contributed by atoms with Gasteiger partial charge in [-0.15, -0.1) is 10.2 Å². The Labute approximate surface area is 159 Å². The van der Waals surface area contributed by atoms with Crippen LogP contribution in [-0.4, -0.2) is 20.7 Å². The summed E-state index contributed by atoms with van der Waals surface area (Å²) in [4.78, 5) is 23.7. The molecule has 26 heavy (non-hydrogen) atoms. The molecule has 0 spiro atoms. The Bertz CT molecular complexity index is 954. The third kappa shape index (κ3) is 4.25. The quantitative estimate of drug-likeness (QED) is 0.695. The van der Waals surface area contributed by atoms with Crippen molar-refractivity contribution in [2.45, 2.75) is 39.7 Å². The Morgan fingerprint density at radius 3 is 2.58 bits per heavy atom. The first kappa shape index (κ1) is 18.5. The van der Waals surface area contributed by atoms with Crippen LogP contribution in [0.5, 0.6) is 0 Å². The molecule has 8 heteroatoms. The molecule has 0 aliphatic carbocycles. The van der Waals surface area contributed by atoms with Crippen LogP contribution < -0.4 is 10.2 Å².